The number of para-hydroxylation sites is 1. The molecule has 8 heteroatoms. The van der Waals surface area contributed by atoms with Gasteiger partial charge in [0.2, 0.25) is 15.9 Å². The molecule has 0 fully saturated rings. The molecule has 0 aliphatic rings. The second-order valence-corrected chi connectivity index (χ2v) is 7.35. The zero-order valence-electron chi connectivity index (χ0n) is 13.9. The van der Waals surface area contributed by atoms with Gasteiger partial charge in [0.1, 0.15) is 5.76 Å². The van der Waals surface area contributed by atoms with E-state index in [2.05, 4.69) is 10.5 Å². The van der Waals surface area contributed by atoms with Crippen LogP contribution >= 0.6 is 0 Å². The van der Waals surface area contributed by atoms with Crippen LogP contribution in [-0.2, 0) is 21.2 Å². The van der Waals surface area contributed by atoms with E-state index in [-0.39, 0.29) is 18.9 Å². The van der Waals surface area contributed by atoms with Crippen LogP contribution in [0.25, 0.3) is 0 Å². The Kier molecular flexibility index (Phi) is 5.61. The number of aromatic nitrogens is 1. The largest absolute Gasteiger partial charge is 0.360 e. The van der Waals surface area contributed by atoms with Crippen molar-refractivity contribution in [1.29, 1.82) is 0 Å². The van der Waals surface area contributed by atoms with Crippen LogP contribution in [0.2, 0.25) is 0 Å². The van der Waals surface area contributed by atoms with Crippen molar-refractivity contribution in [3.63, 3.8) is 0 Å². The minimum Gasteiger partial charge on any atom is -0.360 e. The number of aryl methyl sites for hydroxylation is 2. The molecule has 1 aromatic heterocycles. The van der Waals surface area contributed by atoms with Crippen LogP contribution in [0.3, 0.4) is 0 Å². The Morgan fingerprint density at radius 2 is 2.04 bits per heavy atom. The molecule has 1 aromatic carbocycles. The molecule has 0 saturated heterocycles. The summed E-state index contributed by atoms with van der Waals surface area (Å²) in [4.78, 5) is 12.0. The normalized spacial score (nSPS) is 11.3. The van der Waals surface area contributed by atoms with Crippen LogP contribution in [0.1, 0.15) is 24.7 Å². The fourth-order valence-electron chi connectivity index (χ4n) is 2.35. The summed E-state index contributed by atoms with van der Waals surface area (Å²) in [5.74, 6) is 0.572. The third kappa shape index (κ3) is 4.58. The lowest BCUT2D eigenvalue weighted by molar-refractivity contribution is -0.116. The van der Waals surface area contributed by atoms with Gasteiger partial charge in [-0.25, -0.2) is 8.42 Å². The van der Waals surface area contributed by atoms with Crippen molar-refractivity contribution in [3.05, 3.63) is 41.7 Å². The Morgan fingerprint density at radius 3 is 2.62 bits per heavy atom. The summed E-state index contributed by atoms with van der Waals surface area (Å²) in [5.41, 5.74) is 1.52. The van der Waals surface area contributed by atoms with E-state index in [0.717, 1.165) is 11.8 Å². The van der Waals surface area contributed by atoms with Gasteiger partial charge in [0.05, 0.1) is 11.9 Å². The second-order valence-electron chi connectivity index (χ2n) is 5.44. The number of carbonyl (C=O) groups excluding carboxylic acids is 1. The van der Waals surface area contributed by atoms with Crippen molar-refractivity contribution in [1.82, 2.24) is 5.16 Å². The van der Waals surface area contributed by atoms with E-state index < -0.39 is 10.0 Å². The summed E-state index contributed by atoms with van der Waals surface area (Å²) in [6.45, 7) is 3.73. The van der Waals surface area contributed by atoms with Crippen LogP contribution in [-0.4, -0.2) is 32.3 Å². The summed E-state index contributed by atoms with van der Waals surface area (Å²) >= 11 is 0. The maximum Gasteiger partial charge on any atom is 0.232 e. The molecule has 24 heavy (non-hydrogen) atoms. The lowest BCUT2D eigenvalue weighted by Gasteiger charge is -2.24. The lowest BCUT2D eigenvalue weighted by atomic mass is 10.1. The third-order valence-corrected chi connectivity index (χ3v) is 4.66. The molecule has 7 nitrogen and oxygen atoms in total. The summed E-state index contributed by atoms with van der Waals surface area (Å²) < 4.78 is 30.4. The standard InChI is InChI=1S/C16H21N3O4S/c1-4-13-7-5-6-8-14(13)19(24(3,21)22)10-9-16(20)17-15-11-12(2)23-18-15/h5-8,11H,4,9-10H2,1-3H3,(H,17,18,20). The first-order valence-electron chi connectivity index (χ1n) is 7.60. The van der Waals surface area contributed by atoms with E-state index in [4.69, 9.17) is 4.52 Å². The molecular formula is C16H21N3O4S. The van der Waals surface area contributed by atoms with Gasteiger partial charge in [0.15, 0.2) is 5.82 Å². The Bertz CT molecular complexity index is 814. The van der Waals surface area contributed by atoms with Crippen molar-refractivity contribution < 1.29 is 17.7 Å². The zero-order valence-corrected chi connectivity index (χ0v) is 14.8. The predicted molar refractivity (Wildman–Crippen MR) is 92.5 cm³/mol. The fraction of sp³-hybridized carbons (Fsp3) is 0.375. The van der Waals surface area contributed by atoms with E-state index in [9.17, 15) is 13.2 Å². The predicted octanol–water partition coefficient (Wildman–Crippen LogP) is 2.34. The molecule has 1 N–H and O–H groups in total. The number of nitrogens with one attached hydrogen (secondary N) is 1. The number of rotatable bonds is 7. The topological polar surface area (TPSA) is 92.5 Å². The highest BCUT2D eigenvalue weighted by atomic mass is 32.2. The van der Waals surface area contributed by atoms with Gasteiger partial charge in [0.25, 0.3) is 0 Å². The molecule has 0 unspecified atom stereocenters. The Labute approximate surface area is 141 Å². The van der Waals surface area contributed by atoms with Crippen LogP contribution in [0.4, 0.5) is 11.5 Å². The first-order valence-corrected chi connectivity index (χ1v) is 9.45. The number of hydrogen-bond acceptors (Lipinski definition) is 5. The van der Waals surface area contributed by atoms with Gasteiger partial charge in [-0.1, -0.05) is 30.3 Å². The van der Waals surface area contributed by atoms with Gasteiger partial charge in [-0.15, -0.1) is 0 Å². The monoisotopic (exact) mass is 351 g/mol. The van der Waals surface area contributed by atoms with Gasteiger partial charge in [-0.3, -0.25) is 9.10 Å². The molecule has 0 bridgehead atoms. The number of hydrogen-bond donors (Lipinski definition) is 1. The van der Waals surface area contributed by atoms with Crippen LogP contribution in [0.15, 0.2) is 34.9 Å². The average molecular weight is 351 g/mol. The molecule has 1 amide bonds. The SMILES string of the molecule is CCc1ccccc1N(CCC(=O)Nc1cc(C)on1)S(C)(=O)=O. The number of amides is 1. The number of nitrogens with zero attached hydrogens (tertiary/aromatic N) is 2. The number of sulfonamides is 1. The molecular weight excluding hydrogens is 330 g/mol. The minimum atomic E-state index is -3.50. The molecule has 0 aliphatic carbocycles. The molecule has 130 valence electrons. The average Bonchev–Trinajstić information content (AvgIpc) is 2.91. The van der Waals surface area contributed by atoms with E-state index in [1.54, 1.807) is 25.1 Å². The summed E-state index contributed by atoms with van der Waals surface area (Å²) in [6.07, 6.45) is 1.85. The van der Waals surface area contributed by atoms with Crippen LogP contribution < -0.4 is 9.62 Å². The van der Waals surface area contributed by atoms with E-state index in [1.165, 1.54) is 4.31 Å². The first-order chi connectivity index (χ1) is 11.3. The molecule has 1 heterocycles. The number of benzene rings is 1. The molecule has 0 radical (unpaired) electrons. The number of anilines is 2. The van der Waals surface area contributed by atoms with Gasteiger partial charge in [0, 0.05) is 19.0 Å². The van der Waals surface area contributed by atoms with E-state index in [0.29, 0.717) is 23.7 Å². The molecule has 0 atom stereocenters. The maximum atomic E-state index is 12.1. The van der Waals surface area contributed by atoms with Gasteiger partial charge in [-0.2, -0.15) is 0 Å². The minimum absolute atomic E-state index is 0.0109. The zero-order chi connectivity index (χ0) is 17.7. The Hall–Kier alpha value is -2.35. The van der Waals surface area contributed by atoms with Crippen molar-refractivity contribution in [3.8, 4) is 0 Å². The van der Waals surface area contributed by atoms with E-state index in [1.807, 2.05) is 19.1 Å². The summed E-state index contributed by atoms with van der Waals surface area (Å²) in [5, 5.41) is 6.26. The van der Waals surface area contributed by atoms with Crippen molar-refractivity contribution >= 4 is 27.4 Å². The Balaban J connectivity index is 2.11. The molecule has 0 aliphatic heterocycles. The molecule has 2 aromatic rings. The third-order valence-electron chi connectivity index (χ3n) is 3.48. The summed E-state index contributed by atoms with van der Waals surface area (Å²) in [6, 6.07) is 8.87. The fourth-order valence-corrected chi connectivity index (χ4v) is 3.31. The van der Waals surface area contributed by atoms with Crippen molar-refractivity contribution in [2.24, 2.45) is 0 Å². The van der Waals surface area contributed by atoms with Crippen LogP contribution in [0.5, 0.6) is 0 Å². The lowest BCUT2D eigenvalue weighted by Crippen LogP contribution is -2.33. The second kappa shape index (κ2) is 7.48. The van der Waals surface area contributed by atoms with Gasteiger partial charge < -0.3 is 9.84 Å². The number of carbonyl (C=O) groups is 1. The first kappa shape index (κ1) is 18.0. The smallest absolute Gasteiger partial charge is 0.232 e. The molecule has 2 rings (SSSR count). The quantitative estimate of drug-likeness (QED) is 0.826. The maximum absolute atomic E-state index is 12.1. The van der Waals surface area contributed by atoms with Gasteiger partial charge >= 0.3 is 0 Å². The van der Waals surface area contributed by atoms with Gasteiger partial charge in [-0.05, 0) is 25.0 Å². The van der Waals surface area contributed by atoms with Crippen LogP contribution in [0, 0.1) is 6.92 Å². The highest BCUT2D eigenvalue weighted by Crippen LogP contribution is 2.23. The van der Waals surface area contributed by atoms with E-state index >= 15 is 0 Å². The Morgan fingerprint density at radius 1 is 1.33 bits per heavy atom. The molecule has 0 saturated carbocycles. The highest BCUT2D eigenvalue weighted by Gasteiger charge is 2.20. The summed E-state index contributed by atoms with van der Waals surface area (Å²) in [7, 11) is -3.50. The van der Waals surface area contributed by atoms with Crippen molar-refractivity contribution in [2.75, 3.05) is 22.4 Å². The van der Waals surface area contributed by atoms with Crippen molar-refractivity contribution in [2.45, 2.75) is 26.7 Å². The molecule has 0 spiro atoms. The highest BCUT2D eigenvalue weighted by molar-refractivity contribution is 7.92.